The Bertz CT molecular complexity index is 262. The summed E-state index contributed by atoms with van der Waals surface area (Å²) in [7, 11) is 0. The van der Waals surface area contributed by atoms with E-state index in [1.165, 1.54) is 13.8 Å². The maximum absolute atomic E-state index is 12.0. The smallest absolute Gasteiger partial charge is 0.247 e. The van der Waals surface area contributed by atoms with Crippen molar-refractivity contribution in [2.24, 2.45) is 0 Å². The van der Waals surface area contributed by atoms with Crippen LogP contribution in [0.5, 0.6) is 0 Å². The summed E-state index contributed by atoms with van der Waals surface area (Å²) in [6.45, 7) is 4.81. The molecule has 1 heterocycles. The van der Waals surface area contributed by atoms with Crippen molar-refractivity contribution in [2.45, 2.75) is 26.0 Å². The molecule has 1 rings (SSSR count). The highest BCUT2D eigenvalue weighted by Crippen LogP contribution is 2.04. The van der Waals surface area contributed by atoms with Gasteiger partial charge in [0.25, 0.3) is 0 Å². The Morgan fingerprint density at radius 2 is 1.94 bits per heavy atom. The molecule has 0 aromatic rings. The Kier molecular flexibility index (Phi) is 4.70. The molecule has 0 spiro atoms. The summed E-state index contributed by atoms with van der Waals surface area (Å²) >= 11 is 0. The van der Waals surface area contributed by atoms with Gasteiger partial charge in [0.15, 0.2) is 0 Å². The SMILES string of the molecule is CC(=O)N[C@H](C(=O)N1CCOCC1)[C@@H](C)O. The van der Waals surface area contributed by atoms with Crippen molar-refractivity contribution in [2.75, 3.05) is 26.3 Å². The van der Waals surface area contributed by atoms with E-state index >= 15 is 0 Å². The first kappa shape index (κ1) is 12.9. The number of aliphatic hydroxyl groups is 1. The van der Waals surface area contributed by atoms with Gasteiger partial charge in [0.1, 0.15) is 6.04 Å². The number of hydrogen-bond acceptors (Lipinski definition) is 4. The molecule has 6 nitrogen and oxygen atoms in total. The summed E-state index contributed by atoms with van der Waals surface area (Å²) in [6.07, 6.45) is -0.903. The van der Waals surface area contributed by atoms with Crippen LogP contribution in [0.15, 0.2) is 0 Å². The first-order valence-electron chi connectivity index (χ1n) is 5.34. The third-order valence-corrected chi connectivity index (χ3v) is 2.43. The highest BCUT2D eigenvalue weighted by molar-refractivity contribution is 5.87. The molecule has 16 heavy (non-hydrogen) atoms. The summed E-state index contributed by atoms with van der Waals surface area (Å²) in [6, 6.07) is -0.865. The van der Waals surface area contributed by atoms with E-state index in [9.17, 15) is 14.7 Å². The molecule has 1 aliphatic heterocycles. The first-order chi connectivity index (χ1) is 7.52. The molecule has 0 aromatic carbocycles. The van der Waals surface area contributed by atoms with Gasteiger partial charge in [-0.1, -0.05) is 0 Å². The molecule has 0 unspecified atom stereocenters. The van der Waals surface area contributed by atoms with Crippen LogP contribution in [0.1, 0.15) is 13.8 Å². The zero-order valence-electron chi connectivity index (χ0n) is 9.60. The number of carbonyl (C=O) groups is 2. The standard InChI is InChI=1S/C10H18N2O4/c1-7(13)9(11-8(2)14)10(15)12-3-5-16-6-4-12/h7,9,13H,3-6H2,1-2H3,(H,11,14)/t7-,9+/m1/s1. The van der Waals surface area contributed by atoms with E-state index in [0.717, 1.165) is 0 Å². The molecule has 2 N–H and O–H groups in total. The number of nitrogens with one attached hydrogen (secondary N) is 1. The lowest BCUT2D eigenvalue weighted by Gasteiger charge is -2.31. The Hall–Kier alpha value is -1.14. The quantitative estimate of drug-likeness (QED) is 0.633. The second-order valence-corrected chi connectivity index (χ2v) is 3.86. The lowest BCUT2D eigenvalue weighted by Crippen LogP contribution is -2.55. The van der Waals surface area contributed by atoms with E-state index in [-0.39, 0.29) is 11.8 Å². The largest absolute Gasteiger partial charge is 0.391 e. The lowest BCUT2D eigenvalue weighted by atomic mass is 10.1. The summed E-state index contributed by atoms with van der Waals surface area (Å²) in [5.74, 6) is -0.582. The number of carbonyl (C=O) groups excluding carboxylic acids is 2. The molecular formula is C10H18N2O4. The van der Waals surface area contributed by atoms with Crippen LogP contribution in [0.3, 0.4) is 0 Å². The molecular weight excluding hydrogens is 212 g/mol. The Morgan fingerprint density at radius 1 is 1.38 bits per heavy atom. The second kappa shape index (κ2) is 5.81. The van der Waals surface area contributed by atoms with Gasteiger partial charge in [-0.25, -0.2) is 0 Å². The minimum absolute atomic E-state index is 0.256. The van der Waals surface area contributed by atoms with Crippen molar-refractivity contribution in [3.05, 3.63) is 0 Å². The van der Waals surface area contributed by atoms with Crippen LogP contribution < -0.4 is 5.32 Å². The second-order valence-electron chi connectivity index (χ2n) is 3.86. The van der Waals surface area contributed by atoms with Crippen molar-refractivity contribution in [3.8, 4) is 0 Å². The monoisotopic (exact) mass is 230 g/mol. The maximum Gasteiger partial charge on any atom is 0.247 e. The van der Waals surface area contributed by atoms with Crippen LogP contribution >= 0.6 is 0 Å². The Morgan fingerprint density at radius 3 is 2.38 bits per heavy atom. The molecule has 1 aliphatic rings. The van der Waals surface area contributed by atoms with Crippen LogP contribution in [-0.2, 0) is 14.3 Å². The predicted molar refractivity (Wildman–Crippen MR) is 56.7 cm³/mol. The minimum Gasteiger partial charge on any atom is -0.391 e. The molecule has 1 saturated heterocycles. The average Bonchev–Trinajstić information content (AvgIpc) is 2.25. The van der Waals surface area contributed by atoms with Gasteiger partial charge in [-0.15, -0.1) is 0 Å². The molecule has 92 valence electrons. The van der Waals surface area contributed by atoms with E-state index in [1.807, 2.05) is 0 Å². The zero-order chi connectivity index (χ0) is 12.1. The maximum atomic E-state index is 12.0. The fraction of sp³-hybridized carbons (Fsp3) is 0.800. The summed E-state index contributed by atoms with van der Waals surface area (Å²) in [5.41, 5.74) is 0. The van der Waals surface area contributed by atoms with Gasteiger partial charge in [-0.05, 0) is 6.92 Å². The number of amides is 2. The molecule has 6 heteroatoms. The van der Waals surface area contributed by atoms with Crippen molar-refractivity contribution < 1.29 is 19.4 Å². The molecule has 0 aromatic heterocycles. The number of aliphatic hydroxyl groups excluding tert-OH is 1. The summed E-state index contributed by atoms with van der Waals surface area (Å²) in [5, 5.41) is 11.9. The van der Waals surface area contributed by atoms with Crippen LogP contribution in [0, 0.1) is 0 Å². The fourth-order valence-electron chi connectivity index (χ4n) is 1.59. The molecule has 1 fully saturated rings. The summed E-state index contributed by atoms with van der Waals surface area (Å²) in [4.78, 5) is 24.5. The molecule has 0 saturated carbocycles. The van der Waals surface area contributed by atoms with E-state index < -0.39 is 12.1 Å². The lowest BCUT2D eigenvalue weighted by molar-refractivity contribution is -0.142. The van der Waals surface area contributed by atoms with Gasteiger partial charge in [0.2, 0.25) is 11.8 Å². The number of nitrogens with zero attached hydrogens (tertiary/aromatic N) is 1. The highest BCUT2D eigenvalue weighted by atomic mass is 16.5. The molecule has 2 atom stereocenters. The van der Waals surface area contributed by atoms with Gasteiger partial charge in [-0.2, -0.15) is 0 Å². The topological polar surface area (TPSA) is 78.9 Å². The first-order valence-corrected chi connectivity index (χ1v) is 5.34. The average molecular weight is 230 g/mol. The van der Waals surface area contributed by atoms with Gasteiger partial charge < -0.3 is 20.1 Å². The van der Waals surface area contributed by atoms with Crippen molar-refractivity contribution in [1.29, 1.82) is 0 Å². The highest BCUT2D eigenvalue weighted by Gasteiger charge is 2.29. The van der Waals surface area contributed by atoms with Gasteiger partial charge >= 0.3 is 0 Å². The van der Waals surface area contributed by atoms with E-state index in [1.54, 1.807) is 4.90 Å². The summed E-state index contributed by atoms with van der Waals surface area (Å²) < 4.78 is 5.13. The number of morpholine rings is 1. The fourth-order valence-corrected chi connectivity index (χ4v) is 1.59. The van der Waals surface area contributed by atoms with E-state index in [0.29, 0.717) is 26.3 Å². The molecule has 0 aliphatic carbocycles. The van der Waals surface area contributed by atoms with E-state index in [4.69, 9.17) is 4.74 Å². The molecule has 2 amide bonds. The van der Waals surface area contributed by atoms with Crippen LogP contribution in [0.2, 0.25) is 0 Å². The zero-order valence-corrected chi connectivity index (χ0v) is 9.60. The Labute approximate surface area is 94.6 Å². The van der Waals surface area contributed by atoms with Gasteiger partial charge in [-0.3, -0.25) is 9.59 Å². The van der Waals surface area contributed by atoms with Crippen LogP contribution in [0.4, 0.5) is 0 Å². The van der Waals surface area contributed by atoms with Gasteiger partial charge in [0.05, 0.1) is 19.3 Å². The minimum atomic E-state index is -0.903. The van der Waals surface area contributed by atoms with Crippen molar-refractivity contribution >= 4 is 11.8 Å². The molecule has 0 radical (unpaired) electrons. The number of rotatable bonds is 3. The van der Waals surface area contributed by atoms with Crippen LogP contribution in [0.25, 0.3) is 0 Å². The van der Waals surface area contributed by atoms with Crippen molar-refractivity contribution in [3.63, 3.8) is 0 Å². The Balaban J connectivity index is 2.61. The number of hydrogen-bond donors (Lipinski definition) is 2. The predicted octanol–water partition coefficient (Wildman–Crippen LogP) is -1.27. The number of ether oxygens (including phenoxy) is 1. The molecule has 0 bridgehead atoms. The third kappa shape index (κ3) is 3.46. The van der Waals surface area contributed by atoms with Gasteiger partial charge in [0, 0.05) is 20.0 Å². The van der Waals surface area contributed by atoms with Crippen LogP contribution in [-0.4, -0.2) is 60.3 Å². The third-order valence-electron chi connectivity index (χ3n) is 2.43. The normalized spacial score (nSPS) is 20.1. The van der Waals surface area contributed by atoms with E-state index in [2.05, 4.69) is 5.32 Å². The van der Waals surface area contributed by atoms with Crippen molar-refractivity contribution in [1.82, 2.24) is 10.2 Å².